The summed E-state index contributed by atoms with van der Waals surface area (Å²) in [7, 11) is 0. The van der Waals surface area contributed by atoms with E-state index in [1.165, 1.54) is 17.7 Å². The Morgan fingerprint density at radius 1 is 1.30 bits per heavy atom. The second kappa shape index (κ2) is 5.33. The molecule has 1 atom stereocenters. The highest BCUT2D eigenvalue weighted by atomic mass is 16.1. The molecule has 1 fully saturated rings. The van der Waals surface area contributed by atoms with E-state index in [9.17, 15) is 4.79 Å². The minimum Gasteiger partial charge on any atom is -0.366 e. The van der Waals surface area contributed by atoms with E-state index in [1.54, 1.807) is 6.07 Å². The standard InChI is InChI=1S/C18H20N4O/c1-11-6-7-14-15(11)20-18(22-8-3-9-22)21-16(14)12-4-2-5-13(10-12)17(19)23/h2,4-5,10-11H,3,6-9H2,1H3,(H2,19,23). The molecular formula is C18H20N4O. The highest BCUT2D eigenvalue weighted by molar-refractivity contribution is 5.94. The highest BCUT2D eigenvalue weighted by Gasteiger charge is 2.28. The number of nitrogens with two attached hydrogens (primary N) is 1. The lowest BCUT2D eigenvalue weighted by atomic mass is 10.0. The predicted octanol–water partition coefficient (Wildman–Crippen LogP) is 2.50. The summed E-state index contributed by atoms with van der Waals surface area (Å²) in [5, 5.41) is 0. The maximum absolute atomic E-state index is 11.5. The summed E-state index contributed by atoms with van der Waals surface area (Å²) in [5.41, 5.74) is 10.3. The number of primary amides is 1. The fraction of sp³-hybridized carbons (Fsp3) is 0.389. The minimum atomic E-state index is -0.408. The van der Waals surface area contributed by atoms with Crippen molar-refractivity contribution in [1.29, 1.82) is 0 Å². The molecule has 2 aromatic rings. The Morgan fingerprint density at radius 2 is 2.13 bits per heavy atom. The fourth-order valence-corrected chi connectivity index (χ4v) is 3.36. The molecule has 0 spiro atoms. The van der Waals surface area contributed by atoms with Crippen LogP contribution in [0.1, 0.15) is 47.3 Å². The molecule has 1 aliphatic heterocycles. The number of amides is 1. The molecule has 1 aliphatic carbocycles. The normalized spacial score (nSPS) is 19.3. The number of aromatic nitrogens is 2. The van der Waals surface area contributed by atoms with Crippen molar-refractivity contribution in [3.63, 3.8) is 0 Å². The van der Waals surface area contributed by atoms with Gasteiger partial charge >= 0.3 is 0 Å². The highest BCUT2D eigenvalue weighted by Crippen LogP contribution is 2.38. The molecule has 0 saturated carbocycles. The summed E-state index contributed by atoms with van der Waals surface area (Å²) in [6.45, 7) is 4.27. The Kier molecular flexibility index (Phi) is 3.29. The molecule has 5 heteroatoms. The van der Waals surface area contributed by atoms with Gasteiger partial charge in [-0.3, -0.25) is 4.79 Å². The lowest BCUT2D eigenvalue weighted by Gasteiger charge is -2.31. The maximum Gasteiger partial charge on any atom is 0.248 e. The number of carbonyl (C=O) groups is 1. The predicted molar refractivity (Wildman–Crippen MR) is 89.6 cm³/mol. The lowest BCUT2D eigenvalue weighted by Crippen LogP contribution is -2.38. The van der Waals surface area contributed by atoms with Gasteiger partial charge in [0.1, 0.15) is 0 Å². The van der Waals surface area contributed by atoms with Crippen molar-refractivity contribution in [3.05, 3.63) is 41.1 Å². The zero-order valence-electron chi connectivity index (χ0n) is 13.2. The Morgan fingerprint density at radius 3 is 2.83 bits per heavy atom. The third kappa shape index (κ3) is 2.36. The lowest BCUT2D eigenvalue weighted by molar-refractivity contribution is 0.100. The second-order valence-corrected chi connectivity index (χ2v) is 6.46. The topological polar surface area (TPSA) is 72.1 Å². The van der Waals surface area contributed by atoms with Crippen LogP contribution in [0.4, 0.5) is 5.95 Å². The van der Waals surface area contributed by atoms with Crippen LogP contribution in [0.25, 0.3) is 11.3 Å². The molecule has 5 nitrogen and oxygen atoms in total. The third-order valence-corrected chi connectivity index (χ3v) is 4.88. The van der Waals surface area contributed by atoms with Gasteiger partial charge in [-0.25, -0.2) is 9.97 Å². The summed E-state index contributed by atoms with van der Waals surface area (Å²) in [6, 6.07) is 7.45. The van der Waals surface area contributed by atoms with Gasteiger partial charge in [-0.05, 0) is 37.3 Å². The summed E-state index contributed by atoms with van der Waals surface area (Å²) in [5.74, 6) is 0.878. The van der Waals surface area contributed by atoms with E-state index >= 15 is 0 Å². The van der Waals surface area contributed by atoms with Crippen LogP contribution in [0.3, 0.4) is 0 Å². The van der Waals surface area contributed by atoms with Gasteiger partial charge in [-0.15, -0.1) is 0 Å². The van der Waals surface area contributed by atoms with Crippen molar-refractivity contribution in [2.24, 2.45) is 5.73 Å². The molecule has 1 amide bonds. The molecule has 23 heavy (non-hydrogen) atoms. The molecule has 0 bridgehead atoms. The maximum atomic E-state index is 11.5. The van der Waals surface area contributed by atoms with Crippen molar-refractivity contribution in [1.82, 2.24) is 9.97 Å². The van der Waals surface area contributed by atoms with Gasteiger partial charge in [0.2, 0.25) is 11.9 Å². The minimum absolute atomic E-state index is 0.408. The number of anilines is 1. The average Bonchev–Trinajstić information content (AvgIpc) is 2.87. The van der Waals surface area contributed by atoms with E-state index in [-0.39, 0.29) is 0 Å². The van der Waals surface area contributed by atoms with Crippen LogP contribution in [-0.4, -0.2) is 29.0 Å². The third-order valence-electron chi connectivity index (χ3n) is 4.88. The Labute approximate surface area is 135 Å². The number of hydrogen-bond acceptors (Lipinski definition) is 4. The quantitative estimate of drug-likeness (QED) is 0.945. The van der Waals surface area contributed by atoms with Crippen molar-refractivity contribution in [3.8, 4) is 11.3 Å². The molecule has 4 rings (SSSR count). The van der Waals surface area contributed by atoms with Crippen LogP contribution in [0.2, 0.25) is 0 Å². The van der Waals surface area contributed by atoms with E-state index in [0.29, 0.717) is 11.5 Å². The van der Waals surface area contributed by atoms with Crippen LogP contribution in [0, 0.1) is 0 Å². The first kappa shape index (κ1) is 14.2. The van der Waals surface area contributed by atoms with Crippen LogP contribution in [-0.2, 0) is 6.42 Å². The van der Waals surface area contributed by atoms with E-state index in [1.807, 2.05) is 18.2 Å². The SMILES string of the molecule is CC1CCc2c(-c3cccc(C(N)=O)c3)nc(N3CCC3)nc21. The number of carbonyl (C=O) groups excluding carboxylic acids is 1. The first-order valence-electron chi connectivity index (χ1n) is 8.19. The molecular weight excluding hydrogens is 288 g/mol. The Balaban J connectivity index is 1.87. The molecule has 1 aromatic heterocycles. The van der Waals surface area contributed by atoms with E-state index in [4.69, 9.17) is 15.7 Å². The van der Waals surface area contributed by atoms with Crippen molar-refractivity contribution in [2.75, 3.05) is 18.0 Å². The summed E-state index contributed by atoms with van der Waals surface area (Å²) < 4.78 is 0. The first-order chi connectivity index (χ1) is 11.1. The fourth-order valence-electron chi connectivity index (χ4n) is 3.36. The average molecular weight is 308 g/mol. The summed E-state index contributed by atoms with van der Waals surface area (Å²) in [6.07, 6.45) is 3.30. The van der Waals surface area contributed by atoms with Crippen LogP contribution in [0.15, 0.2) is 24.3 Å². The molecule has 2 aliphatic rings. The monoisotopic (exact) mass is 308 g/mol. The number of hydrogen-bond donors (Lipinski definition) is 1. The van der Waals surface area contributed by atoms with Crippen molar-refractivity contribution in [2.45, 2.75) is 32.1 Å². The molecule has 1 unspecified atom stereocenters. The van der Waals surface area contributed by atoms with E-state index in [0.717, 1.165) is 43.1 Å². The summed E-state index contributed by atoms with van der Waals surface area (Å²) in [4.78, 5) is 23.4. The van der Waals surface area contributed by atoms with Gasteiger partial charge in [0.25, 0.3) is 0 Å². The molecule has 1 aromatic carbocycles. The van der Waals surface area contributed by atoms with Crippen LogP contribution in [0.5, 0.6) is 0 Å². The smallest absolute Gasteiger partial charge is 0.248 e. The number of nitrogens with zero attached hydrogens (tertiary/aromatic N) is 3. The van der Waals surface area contributed by atoms with Gasteiger partial charge in [-0.2, -0.15) is 0 Å². The van der Waals surface area contributed by atoms with Crippen LogP contribution >= 0.6 is 0 Å². The number of fused-ring (bicyclic) bond motifs is 1. The molecule has 118 valence electrons. The number of benzene rings is 1. The van der Waals surface area contributed by atoms with Gasteiger partial charge in [0, 0.05) is 29.8 Å². The first-order valence-corrected chi connectivity index (χ1v) is 8.19. The van der Waals surface area contributed by atoms with Crippen molar-refractivity contribution >= 4 is 11.9 Å². The Hall–Kier alpha value is -2.43. The molecule has 0 radical (unpaired) electrons. The number of rotatable bonds is 3. The Bertz CT molecular complexity index is 783. The summed E-state index contributed by atoms with van der Waals surface area (Å²) >= 11 is 0. The molecule has 2 heterocycles. The second-order valence-electron chi connectivity index (χ2n) is 6.46. The van der Waals surface area contributed by atoms with Gasteiger partial charge < -0.3 is 10.6 Å². The van der Waals surface area contributed by atoms with Gasteiger partial charge in [0.05, 0.1) is 11.4 Å². The van der Waals surface area contributed by atoms with Crippen molar-refractivity contribution < 1.29 is 4.79 Å². The zero-order chi connectivity index (χ0) is 16.0. The largest absolute Gasteiger partial charge is 0.366 e. The zero-order valence-corrected chi connectivity index (χ0v) is 13.2. The van der Waals surface area contributed by atoms with Crippen LogP contribution < -0.4 is 10.6 Å². The molecule has 2 N–H and O–H groups in total. The van der Waals surface area contributed by atoms with Gasteiger partial charge in [-0.1, -0.05) is 19.1 Å². The van der Waals surface area contributed by atoms with E-state index < -0.39 is 5.91 Å². The van der Waals surface area contributed by atoms with Gasteiger partial charge in [0.15, 0.2) is 0 Å². The van der Waals surface area contributed by atoms with E-state index in [2.05, 4.69) is 11.8 Å². The molecule has 1 saturated heterocycles.